The fourth-order valence-electron chi connectivity index (χ4n) is 4.57. The van der Waals surface area contributed by atoms with Crippen molar-refractivity contribution in [3.63, 3.8) is 0 Å². The summed E-state index contributed by atoms with van der Waals surface area (Å²) in [6, 6.07) is 14.0. The van der Waals surface area contributed by atoms with Gasteiger partial charge in [0.1, 0.15) is 23.0 Å². The third-order valence-electron chi connectivity index (χ3n) is 6.30. The van der Waals surface area contributed by atoms with Gasteiger partial charge in [-0.15, -0.1) is 0 Å². The molecule has 1 atom stereocenters. The Morgan fingerprint density at radius 3 is 2.31 bits per heavy atom. The molecule has 2 heterocycles. The highest BCUT2D eigenvalue weighted by Gasteiger charge is 2.39. The molecule has 0 saturated heterocycles. The van der Waals surface area contributed by atoms with E-state index < -0.39 is 5.92 Å². The number of rotatable bonds is 6. The van der Waals surface area contributed by atoms with Gasteiger partial charge in [0.15, 0.2) is 17.3 Å². The van der Waals surface area contributed by atoms with E-state index in [1.165, 1.54) is 0 Å². The maximum Gasteiger partial charge on any atom is 0.312 e. The van der Waals surface area contributed by atoms with Crippen LogP contribution in [0.3, 0.4) is 0 Å². The molecule has 0 radical (unpaired) electrons. The van der Waals surface area contributed by atoms with Crippen LogP contribution in [0.2, 0.25) is 0 Å². The van der Waals surface area contributed by atoms with Gasteiger partial charge < -0.3 is 28.4 Å². The first-order valence-electron chi connectivity index (χ1n) is 11.2. The van der Waals surface area contributed by atoms with Crippen LogP contribution in [0.25, 0.3) is 6.08 Å². The van der Waals surface area contributed by atoms with E-state index in [4.69, 9.17) is 28.4 Å². The van der Waals surface area contributed by atoms with Crippen molar-refractivity contribution in [1.82, 2.24) is 0 Å². The van der Waals surface area contributed by atoms with Crippen molar-refractivity contribution in [1.29, 1.82) is 0 Å². The number of carbonyl (C=O) groups excluding carboxylic acids is 2. The lowest BCUT2D eigenvalue weighted by Crippen LogP contribution is -2.22. The number of hydrogen-bond acceptors (Lipinski definition) is 8. The van der Waals surface area contributed by atoms with E-state index in [1.807, 2.05) is 6.07 Å². The molecule has 0 aliphatic carbocycles. The topological polar surface area (TPSA) is 89.5 Å². The van der Waals surface area contributed by atoms with Gasteiger partial charge in [-0.1, -0.05) is 12.1 Å². The summed E-state index contributed by atoms with van der Waals surface area (Å²) in [6.07, 6.45) is 1.72. The van der Waals surface area contributed by atoms with Crippen molar-refractivity contribution < 1.29 is 38.0 Å². The van der Waals surface area contributed by atoms with Gasteiger partial charge >= 0.3 is 5.97 Å². The van der Waals surface area contributed by atoms with E-state index in [9.17, 15) is 9.59 Å². The summed E-state index contributed by atoms with van der Waals surface area (Å²) in [4.78, 5) is 25.8. The number of allylic oxidation sites excluding steroid dienone is 1. The maximum absolute atomic E-state index is 13.3. The van der Waals surface area contributed by atoms with Gasteiger partial charge in [-0.2, -0.15) is 0 Å². The first kappa shape index (κ1) is 23.3. The molecule has 0 amide bonds. The number of Topliss-reactive ketones (excluding diaryl/α,β-unsaturated/α-hetero) is 1. The zero-order valence-electron chi connectivity index (χ0n) is 20.2. The van der Waals surface area contributed by atoms with Crippen molar-refractivity contribution in [2.45, 2.75) is 12.3 Å². The lowest BCUT2D eigenvalue weighted by Gasteiger charge is -2.27. The van der Waals surface area contributed by atoms with E-state index in [0.29, 0.717) is 51.2 Å². The van der Waals surface area contributed by atoms with E-state index >= 15 is 0 Å². The lowest BCUT2D eigenvalue weighted by molar-refractivity contribution is -0.135. The van der Waals surface area contributed by atoms with Crippen molar-refractivity contribution >= 4 is 17.8 Å². The SMILES string of the molecule is COc1ccc([C@H]2CC(=O)Oc3ccc4c(c32)O/C(=C\c2ccc(OC)c(OC)c2)C4=O)c(OC)c1. The van der Waals surface area contributed by atoms with Gasteiger partial charge in [-0.05, 0) is 42.0 Å². The zero-order chi connectivity index (χ0) is 25.4. The van der Waals surface area contributed by atoms with Crippen LogP contribution in [-0.4, -0.2) is 40.2 Å². The van der Waals surface area contributed by atoms with E-state index in [0.717, 1.165) is 5.56 Å². The van der Waals surface area contributed by atoms with Crippen molar-refractivity contribution in [3.05, 3.63) is 76.5 Å². The largest absolute Gasteiger partial charge is 0.497 e. The number of ketones is 1. The van der Waals surface area contributed by atoms with E-state index in [1.54, 1.807) is 77.0 Å². The summed E-state index contributed by atoms with van der Waals surface area (Å²) in [6.45, 7) is 0. The molecule has 8 heteroatoms. The van der Waals surface area contributed by atoms with Gasteiger partial charge in [0, 0.05) is 23.1 Å². The quantitative estimate of drug-likeness (QED) is 0.278. The van der Waals surface area contributed by atoms with Crippen LogP contribution in [0.15, 0.2) is 54.3 Å². The van der Waals surface area contributed by atoms with Gasteiger partial charge in [0.25, 0.3) is 0 Å². The molecule has 3 aromatic rings. The summed E-state index contributed by atoms with van der Waals surface area (Å²) in [5.41, 5.74) is 2.49. The van der Waals surface area contributed by atoms with Crippen molar-refractivity contribution in [2.75, 3.05) is 28.4 Å². The molecule has 0 saturated carbocycles. The van der Waals surface area contributed by atoms with Crippen LogP contribution in [0.1, 0.15) is 39.4 Å². The predicted molar refractivity (Wildman–Crippen MR) is 131 cm³/mol. The smallest absolute Gasteiger partial charge is 0.312 e. The van der Waals surface area contributed by atoms with Crippen molar-refractivity contribution in [3.8, 4) is 34.5 Å². The number of benzene rings is 3. The number of hydrogen-bond donors (Lipinski definition) is 0. The molecule has 0 aromatic heterocycles. The summed E-state index contributed by atoms with van der Waals surface area (Å²) in [5.74, 6) is 2.10. The number of fused-ring (bicyclic) bond motifs is 3. The summed E-state index contributed by atoms with van der Waals surface area (Å²) >= 11 is 0. The molecule has 0 unspecified atom stereocenters. The highest BCUT2D eigenvalue weighted by atomic mass is 16.5. The molecule has 36 heavy (non-hydrogen) atoms. The standard InChI is InChI=1S/C28H24O8/c1-31-16-6-7-17(22(13-16)33-3)19-14-25(29)35-21-10-8-18-27(30)24(36-28(18)26(19)21)12-15-5-9-20(32-2)23(11-15)34-4/h5-13,19H,14H2,1-4H3/b24-12-/t19-/m1/s1. The Hall–Kier alpha value is -4.46. The molecular formula is C28H24O8. The monoisotopic (exact) mass is 488 g/mol. The van der Waals surface area contributed by atoms with Crippen LogP contribution in [-0.2, 0) is 4.79 Å². The Labute approximate surface area is 207 Å². The molecule has 2 aliphatic rings. The second-order valence-corrected chi connectivity index (χ2v) is 8.25. The van der Waals surface area contributed by atoms with Gasteiger partial charge in [0.05, 0.1) is 40.4 Å². The van der Waals surface area contributed by atoms with Gasteiger partial charge in [0.2, 0.25) is 5.78 Å². The fourth-order valence-corrected chi connectivity index (χ4v) is 4.57. The van der Waals surface area contributed by atoms with Gasteiger partial charge in [-0.3, -0.25) is 9.59 Å². The molecule has 8 nitrogen and oxygen atoms in total. The van der Waals surface area contributed by atoms with Gasteiger partial charge in [-0.25, -0.2) is 0 Å². The molecule has 5 rings (SSSR count). The average molecular weight is 488 g/mol. The Kier molecular flexibility index (Phi) is 6.01. The second-order valence-electron chi connectivity index (χ2n) is 8.25. The molecule has 0 spiro atoms. The molecule has 0 fully saturated rings. The molecule has 184 valence electrons. The molecule has 3 aromatic carbocycles. The minimum absolute atomic E-state index is 0.0679. The molecule has 2 aliphatic heterocycles. The van der Waals surface area contributed by atoms with Crippen LogP contribution >= 0.6 is 0 Å². The number of ether oxygens (including phenoxy) is 6. The van der Waals surface area contributed by atoms with Crippen LogP contribution in [0.5, 0.6) is 34.5 Å². The number of carbonyl (C=O) groups is 2. The third-order valence-corrected chi connectivity index (χ3v) is 6.30. The minimum atomic E-state index is -0.440. The zero-order valence-corrected chi connectivity index (χ0v) is 20.2. The lowest BCUT2D eigenvalue weighted by atomic mass is 9.84. The second kappa shape index (κ2) is 9.30. The third kappa shape index (κ3) is 3.90. The number of esters is 1. The first-order chi connectivity index (χ1) is 17.5. The van der Waals surface area contributed by atoms with Crippen LogP contribution in [0, 0.1) is 0 Å². The minimum Gasteiger partial charge on any atom is -0.497 e. The van der Waals surface area contributed by atoms with E-state index in [-0.39, 0.29) is 23.9 Å². The number of methoxy groups -OCH3 is 4. The fraction of sp³-hybridized carbons (Fsp3) is 0.214. The molecule has 0 bridgehead atoms. The highest BCUT2D eigenvalue weighted by Crippen LogP contribution is 2.50. The normalized spacial score (nSPS) is 17.1. The Morgan fingerprint density at radius 2 is 1.58 bits per heavy atom. The first-order valence-corrected chi connectivity index (χ1v) is 11.2. The molecular weight excluding hydrogens is 464 g/mol. The molecule has 0 N–H and O–H groups in total. The Morgan fingerprint density at radius 1 is 0.806 bits per heavy atom. The highest BCUT2D eigenvalue weighted by molar-refractivity contribution is 6.15. The Balaban J connectivity index is 1.59. The summed E-state index contributed by atoms with van der Waals surface area (Å²) < 4.78 is 33.2. The predicted octanol–water partition coefficient (Wildman–Crippen LogP) is 4.78. The van der Waals surface area contributed by atoms with Crippen LogP contribution in [0.4, 0.5) is 0 Å². The van der Waals surface area contributed by atoms with Crippen molar-refractivity contribution in [2.24, 2.45) is 0 Å². The van der Waals surface area contributed by atoms with E-state index in [2.05, 4.69) is 0 Å². The van der Waals surface area contributed by atoms with Crippen LogP contribution < -0.4 is 28.4 Å². The summed E-state index contributed by atoms with van der Waals surface area (Å²) in [7, 11) is 6.23. The average Bonchev–Trinajstić information content (AvgIpc) is 3.22. The summed E-state index contributed by atoms with van der Waals surface area (Å²) in [5, 5.41) is 0. The maximum atomic E-state index is 13.3. The Bertz CT molecular complexity index is 1400.